The molecule has 1 heterocycles. The van der Waals surface area contributed by atoms with Gasteiger partial charge in [-0.2, -0.15) is 0 Å². The molecule has 0 unspecified atom stereocenters. The molecule has 0 spiro atoms. The van der Waals surface area contributed by atoms with E-state index in [1.807, 2.05) is 30.3 Å². The first-order chi connectivity index (χ1) is 12.6. The fraction of sp³-hybridized carbons (Fsp3) is 0.444. The van der Waals surface area contributed by atoms with E-state index >= 15 is 0 Å². The summed E-state index contributed by atoms with van der Waals surface area (Å²) in [5.41, 5.74) is 0.986. The maximum Gasteiger partial charge on any atom is 0.321 e. The zero-order valence-corrected chi connectivity index (χ0v) is 15.8. The van der Waals surface area contributed by atoms with Gasteiger partial charge in [0, 0.05) is 17.6 Å². The molecular weight excluding hydrogens is 350 g/mol. The lowest BCUT2D eigenvalue weighted by Crippen LogP contribution is -2.41. The van der Waals surface area contributed by atoms with E-state index in [2.05, 4.69) is 39.2 Å². The maximum absolute atomic E-state index is 12.0. The van der Waals surface area contributed by atoms with Crippen molar-refractivity contribution in [3.05, 3.63) is 30.3 Å². The van der Waals surface area contributed by atoms with Crippen LogP contribution >= 0.6 is 11.8 Å². The number of urea groups is 1. The predicted octanol–water partition coefficient (Wildman–Crippen LogP) is 3.00. The second kappa shape index (κ2) is 8.35. The van der Waals surface area contributed by atoms with Gasteiger partial charge in [0.05, 0.1) is 5.75 Å². The Bertz CT molecular complexity index is 773. The van der Waals surface area contributed by atoms with Crippen molar-refractivity contribution >= 4 is 23.7 Å². The highest BCUT2D eigenvalue weighted by Crippen LogP contribution is 2.28. The lowest BCUT2D eigenvalue weighted by atomic mass is 10.2. The van der Waals surface area contributed by atoms with Crippen molar-refractivity contribution < 1.29 is 9.59 Å². The maximum atomic E-state index is 12.0. The van der Waals surface area contributed by atoms with E-state index in [1.54, 1.807) is 0 Å². The van der Waals surface area contributed by atoms with Gasteiger partial charge in [0.15, 0.2) is 11.0 Å². The fourth-order valence-electron chi connectivity index (χ4n) is 2.48. The Balaban J connectivity index is 1.68. The van der Waals surface area contributed by atoms with Crippen molar-refractivity contribution in [2.45, 2.75) is 50.4 Å². The monoisotopic (exact) mass is 373 g/mol. The van der Waals surface area contributed by atoms with Crippen molar-refractivity contribution in [3.8, 4) is 11.4 Å². The van der Waals surface area contributed by atoms with E-state index in [0.717, 1.165) is 30.7 Å². The first kappa shape index (κ1) is 18.4. The van der Waals surface area contributed by atoms with Crippen molar-refractivity contribution in [2.75, 3.05) is 5.75 Å². The first-order valence-electron chi connectivity index (χ1n) is 8.82. The Kier molecular flexibility index (Phi) is 5.92. The lowest BCUT2D eigenvalue weighted by molar-refractivity contribution is -0.117. The molecule has 1 atom stereocenters. The quantitative estimate of drug-likeness (QED) is 0.728. The Morgan fingerprint density at radius 1 is 1.27 bits per heavy atom. The van der Waals surface area contributed by atoms with Crippen molar-refractivity contribution in [2.24, 2.45) is 0 Å². The first-order valence-corrected chi connectivity index (χ1v) is 9.80. The normalized spacial score (nSPS) is 14.7. The fourth-order valence-corrected chi connectivity index (χ4v) is 3.32. The second-order valence-electron chi connectivity index (χ2n) is 6.38. The number of amides is 3. The summed E-state index contributed by atoms with van der Waals surface area (Å²) in [6.07, 6.45) is 2.88. The average molecular weight is 373 g/mol. The number of thioether (sulfide) groups is 1. The summed E-state index contributed by atoms with van der Waals surface area (Å²) in [7, 11) is 0. The number of hydrogen-bond acceptors (Lipinski definition) is 5. The van der Waals surface area contributed by atoms with Crippen LogP contribution in [0.2, 0.25) is 0 Å². The molecule has 1 fully saturated rings. The predicted molar refractivity (Wildman–Crippen MR) is 101 cm³/mol. The molecule has 8 heteroatoms. The minimum absolute atomic E-state index is 0.113. The minimum atomic E-state index is -0.425. The lowest BCUT2D eigenvalue weighted by Gasteiger charge is -2.16. The molecule has 0 bridgehead atoms. The molecule has 3 amide bonds. The molecule has 1 aromatic heterocycles. The Hall–Kier alpha value is -2.35. The van der Waals surface area contributed by atoms with Gasteiger partial charge < -0.3 is 5.32 Å². The summed E-state index contributed by atoms with van der Waals surface area (Å²) in [6.45, 7) is 4.20. The van der Waals surface area contributed by atoms with Gasteiger partial charge in [-0.3, -0.25) is 14.7 Å². The average Bonchev–Trinajstić information content (AvgIpc) is 3.35. The summed E-state index contributed by atoms with van der Waals surface area (Å²) in [6, 6.07) is 9.86. The SMILES string of the molecule is CC[C@@H](C)n1c(SCC(=O)NC(=O)NC2CC2)nnc1-c1ccccc1. The molecule has 26 heavy (non-hydrogen) atoms. The van der Waals surface area contributed by atoms with Crippen molar-refractivity contribution in [1.82, 2.24) is 25.4 Å². The number of hydrogen-bond donors (Lipinski definition) is 2. The van der Waals surface area contributed by atoms with Crippen LogP contribution < -0.4 is 10.6 Å². The molecule has 1 aromatic carbocycles. The van der Waals surface area contributed by atoms with Gasteiger partial charge in [0.1, 0.15) is 0 Å². The van der Waals surface area contributed by atoms with E-state index in [-0.39, 0.29) is 23.7 Å². The summed E-state index contributed by atoms with van der Waals surface area (Å²) in [5, 5.41) is 14.4. The highest BCUT2D eigenvalue weighted by Gasteiger charge is 2.24. The van der Waals surface area contributed by atoms with Crippen LogP contribution in [0, 0.1) is 0 Å². The highest BCUT2D eigenvalue weighted by atomic mass is 32.2. The summed E-state index contributed by atoms with van der Waals surface area (Å²) >= 11 is 1.29. The van der Waals surface area contributed by atoms with Crippen LogP contribution in [0.5, 0.6) is 0 Å². The van der Waals surface area contributed by atoms with Crippen LogP contribution in [0.1, 0.15) is 39.2 Å². The Labute approximate surface area is 157 Å². The molecule has 2 N–H and O–H groups in total. The van der Waals surface area contributed by atoms with E-state index in [0.29, 0.717) is 5.16 Å². The third-order valence-electron chi connectivity index (χ3n) is 4.23. The number of aromatic nitrogens is 3. The van der Waals surface area contributed by atoms with Crippen LogP contribution in [-0.4, -0.2) is 38.5 Å². The van der Waals surface area contributed by atoms with Crippen LogP contribution in [-0.2, 0) is 4.79 Å². The van der Waals surface area contributed by atoms with Gasteiger partial charge in [-0.1, -0.05) is 49.0 Å². The highest BCUT2D eigenvalue weighted by molar-refractivity contribution is 7.99. The van der Waals surface area contributed by atoms with Gasteiger partial charge in [-0.05, 0) is 26.2 Å². The van der Waals surface area contributed by atoms with Crippen molar-refractivity contribution in [1.29, 1.82) is 0 Å². The summed E-state index contributed by atoms with van der Waals surface area (Å²) in [4.78, 5) is 23.6. The number of benzene rings is 1. The molecule has 138 valence electrons. The zero-order chi connectivity index (χ0) is 18.5. The van der Waals surface area contributed by atoms with E-state index in [4.69, 9.17) is 0 Å². The zero-order valence-electron chi connectivity index (χ0n) is 14.9. The third-order valence-corrected chi connectivity index (χ3v) is 5.17. The van der Waals surface area contributed by atoms with E-state index < -0.39 is 6.03 Å². The van der Waals surface area contributed by atoms with Gasteiger partial charge >= 0.3 is 6.03 Å². The Morgan fingerprint density at radius 3 is 2.65 bits per heavy atom. The molecule has 1 saturated carbocycles. The molecule has 1 aliphatic rings. The van der Waals surface area contributed by atoms with Crippen LogP contribution in [0.25, 0.3) is 11.4 Å². The Morgan fingerprint density at radius 2 is 2.00 bits per heavy atom. The molecule has 3 rings (SSSR count). The standard InChI is InChI=1S/C18H23N5O2S/c1-3-12(2)23-16(13-7-5-4-6-8-13)21-22-18(23)26-11-15(24)20-17(25)19-14-9-10-14/h4-8,12,14H,3,9-11H2,1-2H3,(H2,19,20,24,25)/t12-/m1/s1. The molecule has 0 radical (unpaired) electrons. The smallest absolute Gasteiger partial charge is 0.321 e. The molecule has 0 aliphatic heterocycles. The van der Waals surface area contributed by atoms with Crippen LogP contribution in [0.4, 0.5) is 4.79 Å². The second-order valence-corrected chi connectivity index (χ2v) is 7.33. The molecule has 1 aliphatic carbocycles. The van der Waals surface area contributed by atoms with Crippen molar-refractivity contribution in [3.63, 3.8) is 0 Å². The molecule has 7 nitrogen and oxygen atoms in total. The van der Waals surface area contributed by atoms with Gasteiger partial charge in [-0.15, -0.1) is 10.2 Å². The third kappa shape index (κ3) is 4.63. The van der Waals surface area contributed by atoms with Gasteiger partial charge in [-0.25, -0.2) is 4.79 Å². The topological polar surface area (TPSA) is 88.9 Å². The largest absolute Gasteiger partial charge is 0.335 e. The number of carbonyl (C=O) groups excluding carboxylic acids is 2. The minimum Gasteiger partial charge on any atom is -0.335 e. The number of imide groups is 1. The van der Waals surface area contributed by atoms with Crippen LogP contribution in [0.3, 0.4) is 0 Å². The molecule has 2 aromatic rings. The van der Waals surface area contributed by atoms with E-state index in [9.17, 15) is 9.59 Å². The number of nitrogens with one attached hydrogen (secondary N) is 2. The number of nitrogens with zero attached hydrogens (tertiary/aromatic N) is 3. The number of carbonyl (C=O) groups is 2. The van der Waals surface area contributed by atoms with E-state index in [1.165, 1.54) is 11.8 Å². The van der Waals surface area contributed by atoms with Gasteiger partial charge in [0.25, 0.3) is 0 Å². The van der Waals surface area contributed by atoms with Crippen LogP contribution in [0.15, 0.2) is 35.5 Å². The summed E-state index contributed by atoms with van der Waals surface area (Å²) < 4.78 is 2.05. The molecule has 0 saturated heterocycles. The van der Waals surface area contributed by atoms with Gasteiger partial charge in [0.2, 0.25) is 5.91 Å². The number of rotatable bonds is 7. The summed E-state index contributed by atoms with van der Waals surface area (Å²) in [5.74, 6) is 0.559. The molecular formula is C18H23N5O2S.